The lowest BCUT2D eigenvalue weighted by molar-refractivity contribution is 0.191. The number of halogens is 2. The summed E-state index contributed by atoms with van der Waals surface area (Å²) in [5.74, 6) is 0.332. The van der Waals surface area contributed by atoms with Crippen molar-refractivity contribution in [1.29, 1.82) is 0 Å². The van der Waals surface area contributed by atoms with E-state index in [0.717, 1.165) is 67.9 Å². The van der Waals surface area contributed by atoms with Crippen LogP contribution in [0.15, 0.2) is 72.8 Å². The summed E-state index contributed by atoms with van der Waals surface area (Å²) in [7, 11) is 1.63. The normalized spacial score (nSPS) is 14.5. The van der Waals surface area contributed by atoms with Crippen LogP contribution in [0.5, 0.6) is 5.75 Å². The van der Waals surface area contributed by atoms with Crippen LogP contribution in [0.2, 0.25) is 0 Å². The molecular formula is C32H39F2N3O2. The number of hydrogen-bond acceptors (Lipinski definition) is 3. The number of methoxy groups -OCH3 is 1. The molecule has 1 N–H and O–H groups in total. The van der Waals surface area contributed by atoms with Crippen molar-refractivity contribution in [2.75, 3.05) is 31.6 Å². The fraction of sp³-hybridized carbons (Fsp3) is 0.406. The van der Waals surface area contributed by atoms with E-state index < -0.39 is 0 Å². The van der Waals surface area contributed by atoms with E-state index in [9.17, 15) is 13.6 Å². The highest BCUT2D eigenvalue weighted by molar-refractivity contribution is 5.92. The molecule has 4 rings (SSSR count). The van der Waals surface area contributed by atoms with Crippen molar-refractivity contribution in [3.8, 4) is 5.75 Å². The van der Waals surface area contributed by atoms with E-state index in [4.69, 9.17) is 4.74 Å². The van der Waals surface area contributed by atoms with E-state index in [1.54, 1.807) is 12.0 Å². The molecule has 0 atom stereocenters. The Morgan fingerprint density at radius 3 is 1.95 bits per heavy atom. The van der Waals surface area contributed by atoms with Gasteiger partial charge in [0.05, 0.1) is 7.11 Å². The molecule has 0 saturated carbocycles. The molecule has 2 amide bonds. The highest BCUT2D eigenvalue weighted by Gasteiger charge is 2.25. The highest BCUT2D eigenvalue weighted by Crippen LogP contribution is 2.30. The van der Waals surface area contributed by atoms with Gasteiger partial charge in [0.1, 0.15) is 17.4 Å². The highest BCUT2D eigenvalue weighted by atomic mass is 19.1. The maximum Gasteiger partial charge on any atom is 0.322 e. The van der Waals surface area contributed by atoms with Gasteiger partial charge < -0.3 is 15.0 Å². The standard InChI is InChI=1S/C32H39F2N3O2/c1-23(2)37(29-14-16-30(39-3)17-15-29)32(38)35-28-18-21-36(22-19-28)20-4-5-31(24-6-10-26(33)11-7-24)25-8-12-27(34)13-9-25/h6-17,23,28,31H,4-5,18-22H2,1-3H3,(H,35,38). The number of anilines is 1. The van der Waals surface area contributed by atoms with Crippen LogP contribution < -0.4 is 15.0 Å². The fourth-order valence-corrected chi connectivity index (χ4v) is 5.37. The lowest BCUT2D eigenvalue weighted by atomic mass is 9.87. The van der Waals surface area contributed by atoms with Crippen molar-refractivity contribution >= 4 is 11.7 Å². The number of amides is 2. The average molecular weight is 536 g/mol. The Morgan fingerprint density at radius 1 is 0.923 bits per heavy atom. The van der Waals surface area contributed by atoms with Gasteiger partial charge in [0.25, 0.3) is 0 Å². The molecule has 0 spiro atoms. The minimum Gasteiger partial charge on any atom is -0.497 e. The van der Waals surface area contributed by atoms with Crippen molar-refractivity contribution in [3.63, 3.8) is 0 Å². The Balaban J connectivity index is 1.28. The molecular weight excluding hydrogens is 496 g/mol. The van der Waals surface area contributed by atoms with Gasteiger partial charge in [-0.2, -0.15) is 0 Å². The summed E-state index contributed by atoms with van der Waals surface area (Å²) in [6, 6.07) is 20.9. The lowest BCUT2D eigenvalue weighted by Gasteiger charge is -2.35. The Kier molecular flexibility index (Phi) is 9.93. The van der Waals surface area contributed by atoms with Gasteiger partial charge in [0.2, 0.25) is 0 Å². The Morgan fingerprint density at radius 2 is 1.46 bits per heavy atom. The Bertz CT molecular complexity index is 1130. The molecule has 1 aliphatic heterocycles. The Labute approximate surface area is 230 Å². The number of urea groups is 1. The molecule has 0 unspecified atom stereocenters. The van der Waals surface area contributed by atoms with Crippen molar-refractivity contribution < 1.29 is 18.3 Å². The Hall–Kier alpha value is -3.45. The van der Waals surface area contributed by atoms with E-state index >= 15 is 0 Å². The fourth-order valence-electron chi connectivity index (χ4n) is 5.37. The molecule has 1 saturated heterocycles. The van der Waals surface area contributed by atoms with E-state index in [0.29, 0.717) is 0 Å². The molecule has 0 aromatic heterocycles. The molecule has 0 aliphatic carbocycles. The van der Waals surface area contributed by atoms with E-state index in [-0.39, 0.29) is 35.7 Å². The van der Waals surface area contributed by atoms with Crippen LogP contribution >= 0.6 is 0 Å². The number of nitrogens with one attached hydrogen (secondary N) is 1. The number of likely N-dealkylation sites (tertiary alicyclic amines) is 1. The van der Waals surface area contributed by atoms with Crippen LogP contribution in [0.25, 0.3) is 0 Å². The van der Waals surface area contributed by atoms with Crippen molar-refractivity contribution in [2.24, 2.45) is 0 Å². The van der Waals surface area contributed by atoms with Gasteiger partial charge >= 0.3 is 6.03 Å². The van der Waals surface area contributed by atoms with Gasteiger partial charge in [-0.3, -0.25) is 4.90 Å². The molecule has 39 heavy (non-hydrogen) atoms. The summed E-state index contributed by atoms with van der Waals surface area (Å²) in [5.41, 5.74) is 2.92. The quantitative estimate of drug-likeness (QED) is 0.305. The first-order chi connectivity index (χ1) is 18.8. The third kappa shape index (κ3) is 7.79. The third-order valence-corrected chi connectivity index (χ3v) is 7.51. The van der Waals surface area contributed by atoms with Gasteiger partial charge in [0, 0.05) is 36.8 Å². The minimum absolute atomic E-state index is 0.0219. The summed E-state index contributed by atoms with van der Waals surface area (Å²) >= 11 is 0. The second kappa shape index (κ2) is 13.6. The van der Waals surface area contributed by atoms with Crippen LogP contribution in [0.1, 0.15) is 56.6 Å². The number of rotatable bonds is 10. The molecule has 3 aromatic rings. The number of carbonyl (C=O) groups excluding carboxylic acids is 1. The second-order valence-electron chi connectivity index (χ2n) is 10.5. The molecule has 1 aliphatic rings. The van der Waals surface area contributed by atoms with Gasteiger partial charge in [-0.25, -0.2) is 13.6 Å². The predicted octanol–water partition coefficient (Wildman–Crippen LogP) is 6.97. The van der Waals surface area contributed by atoms with Crippen LogP contribution in [0.3, 0.4) is 0 Å². The van der Waals surface area contributed by atoms with E-state index in [2.05, 4.69) is 10.2 Å². The number of carbonyl (C=O) groups is 1. The predicted molar refractivity (Wildman–Crippen MR) is 152 cm³/mol. The first-order valence-electron chi connectivity index (χ1n) is 13.8. The van der Waals surface area contributed by atoms with Crippen LogP contribution in [0.4, 0.5) is 19.3 Å². The van der Waals surface area contributed by atoms with Crippen molar-refractivity contribution in [2.45, 2.75) is 57.5 Å². The maximum atomic E-state index is 13.5. The summed E-state index contributed by atoms with van der Waals surface area (Å²) < 4.78 is 32.3. The second-order valence-corrected chi connectivity index (χ2v) is 10.5. The van der Waals surface area contributed by atoms with Gasteiger partial charge in [-0.05, 0) is 106 Å². The van der Waals surface area contributed by atoms with Gasteiger partial charge in [-0.15, -0.1) is 0 Å². The third-order valence-electron chi connectivity index (χ3n) is 7.51. The molecule has 208 valence electrons. The van der Waals surface area contributed by atoms with Crippen LogP contribution in [-0.2, 0) is 0 Å². The molecule has 1 heterocycles. The smallest absolute Gasteiger partial charge is 0.322 e. The SMILES string of the molecule is COc1ccc(N(C(=O)NC2CCN(CCCC(c3ccc(F)cc3)c3ccc(F)cc3)CC2)C(C)C)cc1. The maximum absolute atomic E-state index is 13.5. The molecule has 0 bridgehead atoms. The van der Waals surface area contributed by atoms with Crippen molar-refractivity contribution in [3.05, 3.63) is 95.6 Å². The van der Waals surface area contributed by atoms with E-state index in [1.165, 1.54) is 24.3 Å². The number of ether oxygens (including phenoxy) is 1. The molecule has 7 heteroatoms. The number of benzene rings is 3. The summed E-state index contributed by atoms with van der Waals surface area (Å²) in [6.45, 7) is 6.82. The molecule has 1 fully saturated rings. The number of nitrogens with zero attached hydrogens (tertiary/aromatic N) is 2. The zero-order valence-corrected chi connectivity index (χ0v) is 23.1. The largest absolute Gasteiger partial charge is 0.497 e. The topological polar surface area (TPSA) is 44.8 Å². The lowest BCUT2D eigenvalue weighted by Crippen LogP contribution is -2.51. The first kappa shape index (κ1) is 28.6. The van der Waals surface area contributed by atoms with Gasteiger partial charge in [-0.1, -0.05) is 24.3 Å². The number of piperidine rings is 1. The summed E-state index contributed by atoms with van der Waals surface area (Å²) in [4.78, 5) is 17.4. The first-order valence-corrected chi connectivity index (χ1v) is 13.8. The summed E-state index contributed by atoms with van der Waals surface area (Å²) in [5, 5.41) is 3.24. The monoisotopic (exact) mass is 535 g/mol. The summed E-state index contributed by atoms with van der Waals surface area (Å²) in [6.07, 6.45) is 3.66. The molecule has 5 nitrogen and oxygen atoms in total. The van der Waals surface area contributed by atoms with Gasteiger partial charge in [0.15, 0.2) is 0 Å². The zero-order chi connectivity index (χ0) is 27.8. The average Bonchev–Trinajstić information content (AvgIpc) is 2.94. The number of hydrogen-bond donors (Lipinski definition) is 1. The van der Waals surface area contributed by atoms with Crippen LogP contribution in [0, 0.1) is 11.6 Å². The van der Waals surface area contributed by atoms with Crippen LogP contribution in [-0.4, -0.2) is 49.8 Å². The molecule has 0 radical (unpaired) electrons. The van der Waals surface area contributed by atoms with Crippen molar-refractivity contribution in [1.82, 2.24) is 10.2 Å². The van der Waals surface area contributed by atoms with E-state index in [1.807, 2.05) is 62.4 Å². The minimum atomic E-state index is -0.257. The molecule has 3 aromatic carbocycles. The zero-order valence-electron chi connectivity index (χ0n) is 23.1.